The molecule has 0 fully saturated rings. The lowest BCUT2D eigenvalue weighted by Gasteiger charge is -1.96. The second kappa shape index (κ2) is 6.77. The molecule has 2 rings (SSSR count). The summed E-state index contributed by atoms with van der Waals surface area (Å²) in [5, 5.41) is 12.5. The molecular formula is C13H17N3OS2. The Bertz CT molecular complexity index is 548. The van der Waals surface area contributed by atoms with Gasteiger partial charge in [0, 0.05) is 11.3 Å². The number of hydrogen-bond acceptors (Lipinski definition) is 5. The minimum atomic E-state index is -0.102. The first kappa shape index (κ1) is 14.1. The molecule has 4 nitrogen and oxygen atoms in total. The Hall–Kier alpha value is -1.27. The fraction of sp³-hybridized carbons (Fsp3) is 0.462. The number of anilines is 1. The minimum absolute atomic E-state index is 0.102. The number of carbonyl (C=O) groups is 1. The van der Waals surface area contributed by atoms with E-state index in [1.165, 1.54) is 35.5 Å². The Kier molecular flexibility index (Phi) is 5.04. The molecule has 0 saturated carbocycles. The Morgan fingerprint density at radius 3 is 2.79 bits per heavy atom. The summed E-state index contributed by atoms with van der Waals surface area (Å²) in [5.41, 5.74) is 0. The van der Waals surface area contributed by atoms with Crippen LogP contribution in [0.25, 0.3) is 0 Å². The Balaban J connectivity index is 1.90. The molecule has 0 bridgehead atoms. The van der Waals surface area contributed by atoms with E-state index in [2.05, 4.69) is 22.4 Å². The summed E-state index contributed by atoms with van der Waals surface area (Å²) in [6.07, 6.45) is 4.47. The van der Waals surface area contributed by atoms with Gasteiger partial charge in [-0.2, -0.15) is 0 Å². The van der Waals surface area contributed by atoms with Crippen LogP contribution in [0.2, 0.25) is 0 Å². The summed E-state index contributed by atoms with van der Waals surface area (Å²) < 4.78 is 0. The molecular weight excluding hydrogens is 278 g/mol. The molecule has 0 aliphatic rings. The van der Waals surface area contributed by atoms with E-state index in [0.29, 0.717) is 10.0 Å². The monoisotopic (exact) mass is 295 g/mol. The van der Waals surface area contributed by atoms with Crippen LogP contribution in [0.5, 0.6) is 0 Å². The minimum Gasteiger partial charge on any atom is -0.296 e. The van der Waals surface area contributed by atoms with Gasteiger partial charge in [0.1, 0.15) is 5.01 Å². The summed E-state index contributed by atoms with van der Waals surface area (Å²) in [7, 11) is 0. The maximum absolute atomic E-state index is 11.9. The molecule has 0 radical (unpaired) electrons. The second-order valence-corrected chi connectivity index (χ2v) is 6.67. The Labute approximate surface area is 120 Å². The van der Waals surface area contributed by atoms with Crippen LogP contribution in [0.3, 0.4) is 0 Å². The van der Waals surface area contributed by atoms with Gasteiger partial charge in [0.2, 0.25) is 5.13 Å². The zero-order chi connectivity index (χ0) is 13.7. The van der Waals surface area contributed by atoms with Crippen LogP contribution in [0.15, 0.2) is 12.1 Å². The van der Waals surface area contributed by atoms with Gasteiger partial charge in [-0.25, -0.2) is 0 Å². The summed E-state index contributed by atoms with van der Waals surface area (Å²) in [5.74, 6) is -0.102. The average Bonchev–Trinajstić information content (AvgIpc) is 2.99. The molecule has 1 amide bonds. The van der Waals surface area contributed by atoms with Crippen LogP contribution >= 0.6 is 22.7 Å². The largest absolute Gasteiger partial charge is 0.296 e. The molecule has 2 heterocycles. The molecule has 2 aromatic heterocycles. The normalized spacial score (nSPS) is 10.6. The van der Waals surface area contributed by atoms with Crippen LogP contribution in [0.1, 0.15) is 45.7 Å². The highest BCUT2D eigenvalue weighted by molar-refractivity contribution is 7.16. The van der Waals surface area contributed by atoms with Crippen molar-refractivity contribution in [2.75, 3.05) is 5.32 Å². The summed E-state index contributed by atoms with van der Waals surface area (Å²) in [6.45, 7) is 4.16. The predicted octanol–water partition coefficient (Wildman–Crippen LogP) is 3.89. The van der Waals surface area contributed by atoms with Crippen LogP contribution in [0.4, 0.5) is 5.13 Å². The van der Waals surface area contributed by atoms with Crippen molar-refractivity contribution in [3.8, 4) is 0 Å². The van der Waals surface area contributed by atoms with Crippen LogP contribution < -0.4 is 5.32 Å². The highest BCUT2D eigenvalue weighted by Gasteiger charge is 2.11. The number of rotatable bonds is 6. The van der Waals surface area contributed by atoms with Crippen molar-refractivity contribution in [1.82, 2.24) is 10.2 Å². The molecule has 2 aromatic rings. The van der Waals surface area contributed by atoms with Crippen LogP contribution in [-0.4, -0.2) is 16.1 Å². The zero-order valence-electron chi connectivity index (χ0n) is 11.1. The van der Waals surface area contributed by atoms with E-state index < -0.39 is 0 Å². The molecule has 0 atom stereocenters. The topological polar surface area (TPSA) is 54.9 Å². The zero-order valence-corrected chi connectivity index (χ0v) is 12.7. The van der Waals surface area contributed by atoms with Crippen molar-refractivity contribution < 1.29 is 4.79 Å². The number of carbonyl (C=O) groups excluding carboxylic acids is 1. The fourth-order valence-corrected chi connectivity index (χ4v) is 3.19. The van der Waals surface area contributed by atoms with Gasteiger partial charge in [-0.15, -0.1) is 21.5 Å². The van der Waals surface area contributed by atoms with E-state index in [-0.39, 0.29) is 5.91 Å². The molecule has 0 aliphatic heterocycles. The van der Waals surface area contributed by atoms with Gasteiger partial charge in [-0.1, -0.05) is 31.1 Å². The van der Waals surface area contributed by atoms with E-state index in [4.69, 9.17) is 0 Å². The first-order valence-electron chi connectivity index (χ1n) is 6.39. The van der Waals surface area contributed by atoms with E-state index in [1.807, 2.05) is 19.1 Å². The van der Waals surface area contributed by atoms with Gasteiger partial charge in [0.25, 0.3) is 5.91 Å². The maximum Gasteiger partial charge on any atom is 0.267 e. The van der Waals surface area contributed by atoms with E-state index in [0.717, 1.165) is 22.7 Å². The standard InChI is InChI=1S/C13H17N3OS2/c1-3-4-5-6-11-15-16-13(19-11)14-12(17)10-8-7-9(2)18-10/h7-8H,3-6H2,1-2H3,(H,14,16,17). The third-order valence-corrected chi connectivity index (χ3v) is 4.54. The van der Waals surface area contributed by atoms with Crippen molar-refractivity contribution in [3.63, 3.8) is 0 Å². The first-order chi connectivity index (χ1) is 9.19. The van der Waals surface area contributed by atoms with Gasteiger partial charge >= 0.3 is 0 Å². The van der Waals surface area contributed by atoms with Gasteiger partial charge in [0.15, 0.2) is 0 Å². The SMILES string of the molecule is CCCCCc1nnc(NC(=O)c2ccc(C)s2)s1. The van der Waals surface area contributed by atoms with Gasteiger partial charge < -0.3 is 0 Å². The molecule has 0 saturated heterocycles. The molecule has 19 heavy (non-hydrogen) atoms. The van der Waals surface area contributed by atoms with E-state index in [9.17, 15) is 4.79 Å². The Morgan fingerprint density at radius 1 is 1.26 bits per heavy atom. The number of amides is 1. The second-order valence-electron chi connectivity index (χ2n) is 4.32. The predicted molar refractivity (Wildman–Crippen MR) is 80.1 cm³/mol. The van der Waals surface area contributed by atoms with E-state index in [1.54, 1.807) is 0 Å². The van der Waals surface area contributed by atoms with Crippen molar-refractivity contribution in [2.45, 2.75) is 39.5 Å². The summed E-state index contributed by atoms with van der Waals surface area (Å²) in [4.78, 5) is 13.8. The van der Waals surface area contributed by atoms with Gasteiger partial charge in [-0.3, -0.25) is 10.1 Å². The molecule has 0 aliphatic carbocycles. The number of hydrogen-bond donors (Lipinski definition) is 1. The van der Waals surface area contributed by atoms with Crippen molar-refractivity contribution in [3.05, 3.63) is 26.9 Å². The lowest BCUT2D eigenvalue weighted by Crippen LogP contribution is -2.09. The first-order valence-corrected chi connectivity index (χ1v) is 8.02. The quantitative estimate of drug-likeness (QED) is 0.822. The third kappa shape index (κ3) is 4.11. The molecule has 1 N–H and O–H groups in total. The lowest BCUT2D eigenvalue weighted by molar-refractivity contribution is 0.103. The average molecular weight is 295 g/mol. The highest BCUT2D eigenvalue weighted by Crippen LogP contribution is 2.20. The number of nitrogens with zero attached hydrogens (tertiary/aromatic N) is 2. The third-order valence-electron chi connectivity index (χ3n) is 2.65. The Morgan fingerprint density at radius 2 is 2.11 bits per heavy atom. The van der Waals surface area contributed by atoms with Crippen LogP contribution in [-0.2, 0) is 6.42 Å². The summed E-state index contributed by atoms with van der Waals surface area (Å²) >= 11 is 2.95. The molecule has 0 unspecified atom stereocenters. The lowest BCUT2D eigenvalue weighted by atomic mass is 10.2. The smallest absolute Gasteiger partial charge is 0.267 e. The van der Waals surface area contributed by atoms with E-state index >= 15 is 0 Å². The highest BCUT2D eigenvalue weighted by atomic mass is 32.1. The number of aromatic nitrogens is 2. The number of nitrogens with one attached hydrogen (secondary N) is 1. The molecule has 102 valence electrons. The van der Waals surface area contributed by atoms with Crippen molar-refractivity contribution in [1.29, 1.82) is 0 Å². The van der Waals surface area contributed by atoms with Crippen molar-refractivity contribution >= 4 is 33.7 Å². The van der Waals surface area contributed by atoms with Gasteiger partial charge in [-0.05, 0) is 25.5 Å². The molecule has 0 spiro atoms. The summed E-state index contributed by atoms with van der Waals surface area (Å²) in [6, 6.07) is 3.77. The fourth-order valence-electron chi connectivity index (χ4n) is 1.65. The molecule has 6 heteroatoms. The number of unbranched alkanes of at least 4 members (excludes halogenated alkanes) is 2. The number of aryl methyl sites for hydroxylation is 2. The maximum atomic E-state index is 11.9. The number of thiophene rings is 1. The molecule has 0 aromatic carbocycles. The van der Waals surface area contributed by atoms with Crippen molar-refractivity contribution in [2.24, 2.45) is 0 Å². The van der Waals surface area contributed by atoms with Crippen LogP contribution in [0, 0.1) is 6.92 Å². The van der Waals surface area contributed by atoms with Gasteiger partial charge in [0.05, 0.1) is 4.88 Å².